The van der Waals surface area contributed by atoms with Crippen molar-refractivity contribution in [2.45, 2.75) is 11.7 Å². The van der Waals surface area contributed by atoms with Gasteiger partial charge >= 0.3 is 0 Å². The average Bonchev–Trinajstić information content (AvgIpc) is 3.17. The summed E-state index contributed by atoms with van der Waals surface area (Å²) in [5.74, 6) is -0.106. The van der Waals surface area contributed by atoms with Crippen LogP contribution in [0.3, 0.4) is 0 Å². The molecule has 2 aromatic rings. The van der Waals surface area contributed by atoms with E-state index in [0.29, 0.717) is 18.5 Å². The third kappa shape index (κ3) is 2.92. The third-order valence-corrected chi connectivity index (χ3v) is 5.65. The smallest absolute Gasteiger partial charge is 0.253 e. The third-order valence-electron chi connectivity index (χ3n) is 4.05. The molecule has 3 rings (SSSR count). The lowest BCUT2D eigenvalue weighted by Gasteiger charge is -2.16. The van der Waals surface area contributed by atoms with Gasteiger partial charge in [-0.2, -0.15) is 0 Å². The maximum Gasteiger partial charge on any atom is 0.253 e. The second-order valence-corrected chi connectivity index (χ2v) is 7.95. The van der Waals surface area contributed by atoms with E-state index < -0.39 is 15.1 Å². The molecule has 0 saturated carbocycles. The van der Waals surface area contributed by atoms with Crippen molar-refractivity contribution in [2.75, 3.05) is 19.3 Å². The van der Waals surface area contributed by atoms with Crippen LogP contribution in [-0.4, -0.2) is 48.4 Å². The van der Waals surface area contributed by atoms with Crippen LogP contribution in [0, 0.1) is 0 Å². The van der Waals surface area contributed by atoms with E-state index in [-0.39, 0.29) is 12.5 Å². The molecule has 1 aliphatic heterocycles. The van der Waals surface area contributed by atoms with Crippen molar-refractivity contribution in [1.82, 2.24) is 9.47 Å². The van der Waals surface area contributed by atoms with Crippen LogP contribution < -0.4 is 0 Å². The second kappa shape index (κ2) is 5.61. The lowest BCUT2D eigenvalue weighted by molar-refractivity contribution is 0.0793. The number of hydrogen-bond donors (Lipinski definition) is 0. The van der Waals surface area contributed by atoms with Crippen molar-refractivity contribution in [2.24, 2.45) is 0 Å². The number of hydrogen-bond acceptors (Lipinski definition) is 3. The van der Waals surface area contributed by atoms with Crippen LogP contribution in [0.4, 0.5) is 0 Å². The van der Waals surface area contributed by atoms with E-state index in [1.54, 1.807) is 17.0 Å². The largest absolute Gasteiger partial charge is 0.337 e. The van der Waals surface area contributed by atoms with E-state index in [4.69, 9.17) is 0 Å². The Balaban J connectivity index is 1.73. The predicted molar refractivity (Wildman–Crippen MR) is 84.9 cm³/mol. The van der Waals surface area contributed by atoms with Crippen molar-refractivity contribution >= 4 is 15.7 Å². The van der Waals surface area contributed by atoms with Crippen LogP contribution in [0.2, 0.25) is 0 Å². The molecule has 1 unspecified atom stereocenters. The average molecular weight is 318 g/mol. The second-order valence-electron chi connectivity index (χ2n) is 5.63. The zero-order valence-corrected chi connectivity index (χ0v) is 13.2. The summed E-state index contributed by atoms with van der Waals surface area (Å²) in [6.45, 7) is 0.785. The van der Waals surface area contributed by atoms with E-state index in [0.717, 1.165) is 5.69 Å². The van der Waals surface area contributed by atoms with Crippen LogP contribution >= 0.6 is 0 Å². The summed E-state index contributed by atoms with van der Waals surface area (Å²) in [4.78, 5) is 14.1. The molecule has 5 nitrogen and oxygen atoms in total. The predicted octanol–water partition coefficient (Wildman–Crippen LogP) is 1.74. The summed E-state index contributed by atoms with van der Waals surface area (Å²) in [5.41, 5.74) is 1.57. The van der Waals surface area contributed by atoms with Crippen LogP contribution in [-0.2, 0) is 9.84 Å². The molecule has 0 radical (unpaired) electrons. The Morgan fingerprint density at radius 1 is 1.14 bits per heavy atom. The van der Waals surface area contributed by atoms with E-state index >= 15 is 0 Å². The molecule has 1 aliphatic rings. The van der Waals surface area contributed by atoms with E-state index in [1.165, 1.54) is 6.26 Å². The first-order chi connectivity index (χ1) is 10.4. The van der Waals surface area contributed by atoms with Crippen LogP contribution in [0.5, 0.6) is 0 Å². The number of aromatic nitrogens is 1. The number of likely N-dealkylation sites (tertiary alicyclic amines) is 1. The lowest BCUT2D eigenvalue weighted by atomic mass is 10.2. The van der Waals surface area contributed by atoms with Crippen molar-refractivity contribution in [3.05, 3.63) is 54.4 Å². The van der Waals surface area contributed by atoms with Crippen LogP contribution in [0.25, 0.3) is 5.69 Å². The normalized spacial score (nSPS) is 18.6. The minimum absolute atomic E-state index is 0.106. The Bertz CT molecular complexity index is 764. The summed E-state index contributed by atoms with van der Waals surface area (Å²) in [5, 5.41) is -0.435. The van der Waals surface area contributed by atoms with Gasteiger partial charge in [0.1, 0.15) is 0 Å². The molecule has 0 N–H and O–H groups in total. The molecule has 22 heavy (non-hydrogen) atoms. The van der Waals surface area contributed by atoms with Gasteiger partial charge in [-0.1, -0.05) is 0 Å². The minimum atomic E-state index is -3.08. The Labute approximate surface area is 130 Å². The highest BCUT2D eigenvalue weighted by molar-refractivity contribution is 7.91. The van der Waals surface area contributed by atoms with Gasteiger partial charge in [-0.15, -0.1) is 0 Å². The number of carbonyl (C=O) groups excluding carboxylic acids is 1. The fourth-order valence-electron chi connectivity index (χ4n) is 2.73. The summed E-state index contributed by atoms with van der Waals surface area (Å²) < 4.78 is 25.1. The quantitative estimate of drug-likeness (QED) is 0.866. The Morgan fingerprint density at radius 2 is 1.77 bits per heavy atom. The zero-order chi connectivity index (χ0) is 15.7. The summed E-state index contributed by atoms with van der Waals surface area (Å²) >= 11 is 0. The molecule has 1 saturated heterocycles. The molecule has 1 fully saturated rings. The van der Waals surface area contributed by atoms with Crippen molar-refractivity contribution in [3.8, 4) is 5.69 Å². The van der Waals surface area contributed by atoms with Crippen molar-refractivity contribution in [3.63, 3.8) is 0 Å². The molecular weight excluding hydrogens is 300 g/mol. The summed E-state index contributed by atoms with van der Waals surface area (Å²) in [7, 11) is -3.08. The minimum Gasteiger partial charge on any atom is -0.337 e. The van der Waals surface area contributed by atoms with Crippen molar-refractivity contribution < 1.29 is 13.2 Å². The first-order valence-electron chi connectivity index (χ1n) is 7.17. The molecule has 6 heteroatoms. The number of rotatable bonds is 3. The van der Waals surface area contributed by atoms with E-state index in [2.05, 4.69) is 0 Å². The molecule has 0 bridgehead atoms. The fourth-order valence-corrected chi connectivity index (χ4v) is 3.71. The summed E-state index contributed by atoms with van der Waals surface area (Å²) in [6, 6.07) is 11.2. The van der Waals surface area contributed by atoms with Crippen LogP contribution in [0.15, 0.2) is 48.8 Å². The summed E-state index contributed by atoms with van der Waals surface area (Å²) in [6.07, 6.45) is 5.63. The Kier molecular flexibility index (Phi) is 3.78. The van der Waals surface area contributed by atoms with Gasteiger partial charge in [0.05, 0.1) is 5.25 Å². The number of carbonyl (C=O) groups is 1. The van der Waals surface area contributed by atoms with Gasteiger partial charge in [-0.05, 0) is 42.8 Å². The van der Waals surface area contributed by atoms with E-state index in [1.807, 2.05) is 41.2 Å². The topological polar surface area (TPSA) is 59.4 Å². The van der Waals surface area contributed by atoms with Crippen LogP contribution in [0.1, 0.15) is 16.8 Å². The molecule has 116 valence electrons. The lowest BCUT2D eigenvalue weighted by Crippen LogP contribution is -2.31. The highest BCUT2D eigenvalue weighted by atomic mass is 32.2. The van der Waals surface area contributed by atoms with Gasteiger partial charge in [0.2, 0.25) is 0 Å². The molecule has 0 spiro atoms. The highest BCUT2D eigenvalue weighted by Crippen LogP contribution is 2.19. The number of amides is 1. The monoisotopic (exact) mass is 318 g/mol. The van der Waals surface area contributed by atoms with E-state index in [9.17, 15) is 13.2 Å². The molecule has 1 amide bonds. The van der Waals surface area contributed by atoms with Crippen molar-refractivity contribution in [1.29, 1.82) is 0 Å². The van der Waals surface area contributed by atoms with Gasteiger partial charge in [0.25, 0.3) is 5.91 Å². The SMILES string of the molecule is CS(=O)(=O)C1CCN(C(=O)c2ccc(-n3cccc3)cc2)C1. The number of sulfone groups is 1. The maximum absolute atomic E-state index is 12.4. The van der Waals surface area contributed by atoms with Gasteiger partial charge < -0.3 is 9.47 Å². The molecule has 1 aromatic heterocycles. The van der Waals surface area contributed by atoms with Gasteiger partial charge in [0, 0.05) is 43.0 Å². The molecule has 0 aliphatic carbocycles. The number of nitrogens with zero attached hydrogens (tertiary/aromatic N) is 2. The first kappa shape index (κ1) is 14.8. The maximum atomic E-state index is 12.4. The molecule has 1 atom stereocenters. The molecular formula is C16H18N2O3S. The number of benzene rings is 1. The highest BCUT2D eigenvalue weighted by Gasteiger charge is 2.32. The molecule has 2 heterocycles. The van der Waals surface area contributed by atoms with Gasteiger partial charge in [0.15, 0.2) is 9.84 Å². The molecule has 1 aromatic carbocycles. The fraction of sp³-hybridized carbons (Fsp3) is 0.312. The first-order valence-corrected chi connectivity index (χ1v) is 9.12. The standard InChI is InChI=1S/C16H18N2O3S/c1-22(20,21)15-8-11-18(12-15)16(19)13-4-6-14(7-5-13)17-9-2-3-10-17/h2-7,9-10,15H,8,11-12H2,1H3. The van der Waals surface area contributed by atoms with Gasteiger partial charge in [-0.25, -0.2) is 8.42 Å². The Morgan fingerprint density at radius 3 is 2.32 bits per heavy atom. The zero-order valence-electron chi connectivity index (χ0n) is 12.3. The Hall–Kier alpha value is -2.08. The van der Waals surface area contributed by atoms with Gasteiger partial charge in [-0.3, -0.25) is 4.79 Å².